The van der Waals surface area contributed by atoms with Crippen molar-refractivity contribution in [3.63, 3.8) is 0 Å². The van der Waals surface area contributed by atoms with Crippen LogP contribution in [0.25, 0.3) is 10.4 Å². The Morgan fingerprint density at radius 3 is 1.97 bits per heavy atom. The van der Waals surface area contributed by atoms with Crippen molar-refractivity contribution >= 4 is 40.9 Å². The molecule has 9 rings (SSSR count). The second kappa shape index (κ2) is 40.2. The fourth-order valence-corrected chi connectivity index (χ4v) is 14.3. The van der Waals surface area contributed by atoms with E-state index in [1.165, 1.54) is 4.90 Å². The minimum Gasteiger partial charge on any atom is -0.493 e. The lowest BCUT2D eigenvalue weighted by molar-refractivity contribution is -0.163. The molecule has 4 amide bonds. The Bertz CT molecular complexity index is 3680. The van der Waals surface area contributed by atoms with Gasteiger partial charge >= 0.3 is 5.97 Å². The first-order valence-electron chi connectivity index (χ1n) is 36.0. The predicted molar refractivity (Wildman–Crippen MR) is 388 cm³/mol. The van der Waals surface area contributed by atoms with Gasteiger partial charge in [-0.3, -0.25) is 19.2 Å². The summed E-state index contributed by atoms with van der Waals surface area (Å²) in [4.78, 5) is 79.3. The van der Waals surface area contributed by atoms with Crippen LogP contribution in [-0.4, -0.2) is 203 Å². The molecule has 4 aromatic carbocycles. The first kappa shape index (κ1) is 79.7. The molecule has 26 nitrogen and oxygen atoms in total. The van der Waals surface area contributed by atoms with Gasteiger partial charge in [0.15, 0.2) is 23.0 Å². The monoisotopic (exact) mass is 1460 g/mol. The molecule has 1 aliphatic carbocycles. The third-order valence-corrected chi connectivity index (χ3v) is 20.0. The van der Waals surface area contributed by atoms with Gasteiger partial charge < -0.3 is 82.4 Å². The number of methoxy groups -OCH3 is 5. The summed E-state index contributed by atoms with van der Waals surface area (Å²) in [6.07, 6.45) is 8.16. The molecule has 6 aromatic rings. The molecule has 2 unspecified atom stereocenters. The number of β-amino-alcohol motifs (C(OH)–C–C–N with tert-alkyl or cyclic N) is 1. The lowest BCUT2D eigenvalue weighted by Gasteiger charge is -2.40. The first-order valence-corrected chi connectivity index (χ1v) is 36.8. The molecule has 0 spiro atoms. The van der Waals surface area contributed by atoms with Gasteiger partial charge in [-0.15, -0.1) is 16.4 Å². The molecule has 1 saturated carbocycles. The van der Waals surface area contributed by atoms with E-state index in [0.29, 0.717) is 119 Å². The van der Waals surface area contributed by atoms with Gasteiger partial charge in [-0.25, -0.2) is 14.5 Å². The summed E-state index contributed by atoms with van der Waals surface area (Å²) in [5, 5.41) is 24.9. The van der Waals surface area contributed by atoms with Gasteiger partial charge in [0.05, 0.1) is 136 Å². The minimum atomic E-state index is -0.987. The summed E-state index contributed by atoms with van der Waals surface area (Å²) in [5.41, 5.74) is 7.03. The molecule has 4 heterocycles. The van der Waals surface area contributed by atoms with Crippen LogP contribution < -0.4 is 39.1 Å². The number of aromatic nitrogens is 4. The molecule has 3 N–H and O–H groups in total. The van der Waals surface area contributed by atoms with Crippen LogP contribution in [-0.2, 0) is 78.5 Å². The normalized spacial score (nSPS) is 17.2. The van der Waals surface area contributed by atoms with Crippen LogP contribution in [0.4, 0.5) is 0 Å². The zero-order chi connectivity index (χ0) is 74.0. The number of esters is 1. The highest BCUT2D eigenvalue weighted by atomic mass is 32.1. The average molecular weight is 1460 g/mol. The third kappa shape index (κ3) is 22.5. The largest absolute Gasteiger partial charge is 0.493 e. The van der Waals surface area contributed by atoms with Crippen molar-refractivity contribution in [2.75, 3.05) is 115 Å². The van der Waals surface area contributed by atoms with Crippen LogP contribution in [0.2, 0.25) is 0 Å². The topological polar surface area (TPSA) is 290 Å². The second-order valence-corrected chi connectivity index (χ2v) is 28.2. The van der Waals surface area contributed by atoms with E-state index in [4.69, 9.17) is 56.8 Å². The number of aliphatic hydroxyl groups is 1. The van der Waals surface area contributed by atoms with Crippen LogP contribution in [0, 0.1) is 18.3 Å². The number of hydrogen-bond acceptors (Lipinski definition) is 22. The molecule has 0 radical (unpaired) electrons. The number of rotatable bonds is 40. The summed E-state index contributed by atoms with van der Waals surface area (Å²) in [5.74, 6) is 0.754. The SMILES string of the molecule is COc1ccc(CCC(OC(=O)C2CCCCN2C(=O)[C@H](c2cc(OC)c(OC)c(OC)c2)C2CCCCC2)c2cccc(OCc3cn(CCOCCOCCOCCOCCOCC(=O)N[C@H](C(=O)N4C[C@H](O)C[C@H]4C(=O)NCc4ccc(-c5scnc5C)cc4)C(C)(C)C)nn3)c2)cc1OC. The predicted octanol–water partition coefficient (Wildman–Crippen LogP) is 9.19. The zero-order valence-electron chi connectivity index (χ0n) is 61.6. The summed E-state index contributed by atoms with van der Waals surface area (Å²) in [6, 6.07) is 22.2. The number of piperidine rings is 1. The van der Waals surface area contributed by atoms with Crippen LogP contribution in [0.15, 0.2) is 90.6 Å². The fraction of sp³-hybridized carbons (Fsp3) is 0.558. The molecule has 104 heavy (non-hydrogen) atoms. The quantitative estimate of drug-likeness (QED) is 0.0238. The number of thiazole rings is 1. The maximum absolute atomic E-state index is 15.3. The number of likely N-dealkylation sites (tertiary alicyclic amines) is 2. The number of carbonyl (C=O) groups excluding carboxylic acids is 5. The molecule has 2 saturated heterocycles. The third-order valence-electron chi connectivity index (χ3n) is 19.0. The molecule has 2 aromatic heterocycles. The Hall–Kier alpha value is -8.44. The van der Waals surface area contributed by atoms with Crippen molar-refractivity contribution in [3.8, 4) is 44.9 Å². The smallest absolute Gasteiger partial charge is 0.329 e. The first-order chi connectivity index (χ1) is 50.4. The molecule has 566 valence electrons. The van der Waals surface area contributed by atoms with Gasteiger partial charge in [-0.2, -0.15) is 0 Å². The highest BCUT2D eigenvalue weighted by Crippen LogP contribution is 2.46. The Labute approximate surface area is 613 Å². The van der Waals surface area contributed by atoms with Crippen molar-refractivity contribution in [1.82, 2.24) is 40.4 Å². The highest BCUT2D eigenvalue weighted by Gasteiger charge is 2.45. The van der Waals surface area contributed by atoms with Crippen LogP contribution in [0.1, 0.15) is 131 Å². The van der Waals surface area contributed by atoms with Gasteiger partial charge in [0.25, 0.3) is 0 Å². The Morgan fingerprint density at radius 1 is 0.673 bits per heavy atom. The Balaban J connectivity index is 0.661. The molecule has 3 aliphatic rings. The van der Waals surface area contributed by atoms with Gasteiger partial charge in [-0.1, -0.05) is 87.7 Å². The molecule has 27 heteroatoms. The van der Waals surface area contributed by atoms with Crippen LogP contribution in [0.5, 0.6) is 34.5 Å². The molecular weight excluding hydrogens is 1360 g/mol. The Morgan fingerprint density at radius 2 is 1.33 bits per heavy atom. The van der Waals surface area contributed by atoms with Gasteiger partial charge in [0.1, 0.15) is 48.9 Å². The minimum absolute atomic E-state index is 0.0321. The van der Waals surface area contributed by atoms with E-state index in [9.17, 15) is 24.3 Å². The number of ether oxygens (including phenoxy) is 12. The van der Waals surface area contributed by atoms with Crippen molar-refractivity contribution in [2.24, 2.45) is 11.3 Å². The maximum Gasteiger partial charge on any atom is 0.329 e. The van der Waals surface area contributed by atoms with Crippen molar-refractivity contribution < 1.29 is 85.9 Å². The standard InChI is InChI=1S/C77H104N8O18S/c1-51-71(104-50-79-51)55-25-21-53(22-26-55)45-78-73(88)62-44-59(86)47-85(62)75(90)72(77(2,3)4)80-68(87)49-101-39-38-100-37-36-99-35-34-98-33-32-97-31-30-83-46-58(81-82-83)48-102-60-19-15-18-56(41-60)63(27-23-52-24-28-64(92-5)65(40-52)93-6)103-76(91)61-20-13-14-29-84(61)74(89)69(54-16-11-10-12-17-54)57-42-66(94-7)70(96-9)67(43-57)95-8/h15,18-19,21-22,24-26,28,40-43,46,50,54,59,61-63,69,72,86H,10-14,16-17,20,23,27,29-39,44-45,47-49H2,1-9H3,(H,78,88)(H,80,87)/t59-,61?,62+,63?,69+,72-/m1/s1. The average Bonchev–Trinajstić information content (AvgIpc) is 1.16. The number of amides is 4. The number of hydrogen-bond donors (Lipinski definition) is 3. The summed E-state index contributed by atoms with van der Waals surface area (Å²) in [7, 11) is 7.88. The number of aryl methyl sites for hydroxylation is 2. The number of aliphatic hydroxyl groups excluding tert-OH is 1. The zero-order valence-corrected chi connectivity index (χ0v) is 62.4. The number of carbonyl (C=O) groups is 5. The van der Waals surface area contributed by atoms with E-state index in [-0.39, 0.29) is 63.7 Å². The second-order valence-electron chi connectivity index (χ2n) is 27.3. The van der Waals surface area contributed by atoms with E-state index in [0.717, 1.165) is 83.3 Å². The van der Waals surface area contributed by atoms with Gasteiger partial charge in [-0.05, 0) is 127 Å². The number of benzene rings is 4. The van der Waals surface area contributed by atoms with Crippen LogP contribution in [0.3, 0.4) is 0 Å². The summed E-state index contributed by atoms with van der Waals surface area (Å²) < 4.78 is 71.2. The van der Waals surface area contributed by atoms with Crippen molar-refractivity contribution in [1.29, 1.82) is 0 Å². The van der Waals surface area contributed by atoms with E-state index in [2.05, 4.69) is 25.9 Å². The summed E-state index contributed by atoms with van der Waals surface area (Å²) in [6.45, 7) is 11.1. The van der Waals surface area contributed by atoms with E-state index in [1.54, 1.807) is 62.7 Å². The lowest BCUT2D eigenvalue weighted by Crippen LogP contribution is -2.58. The molecule has 6 atom stereocenters. The fourth-order valence-electron chi connectivity index (χ4n) is 13.5. The van der Waals surface area contributed by atoms with E-state index < -0.39 is 59.5 Å². The number of nitrogens with zero attached hydrogens (tertiary/aromatic N) is 6. The van der Waals surface area contributed by atoms with Crippen LogP contribution >= 0.6 is 11.3 Å². The van der Waals surface area contributed by atoms with E-state index >= 15 is 4.79 Å². The molecule has 3 fully saturated rings. The molecular formula is C77H104N8O18S. The molecule has 2 aliphatic heterocycles. The summed E-state index contributed by atoms with van der Waals surface area (Å²) >= 11 is 1.57. The van der Waals surface area contributed by atoms with Gasteiger partial charge in [0, 0.05) is 26.1 Å². The number of nitrogens with one attached hydrogen (secondary N) is 2. The Kier molecular flexibility index (Phi) is 30.8. The maximum atomic E-state index is 15.3. The molecule has 0 bridgehead atoms. The van der Waals surface area contributed by atoms with E-state index in [1.807, 2.05) is 112 Å². The highest BCUT2D eigenvalue weighted by molar-refractivity contribution is 7.13. The van der Waals surface area contributed by atoms with Crippen molar-refractivity contribution in [3.05, 3.63) is 124 Å². The van der Waals surface area contributed by atoms with Crippen molar-refractivity contribution in [2.45, 2.75) is 154 Å². The van der Waals surface area contributed by atoms with Gasteiger partial charge in [0.2, 0.25) is 29.4 Å². The lowest BCUT2D eigenvalue weighted by atomic mass is 9.75.